The Morgan fingerprint density at radius 3 is 1.97 bits per heavy atom. The third kappa shape index (κ3) is 9.17. The summed E-state index contributed by atoms with van der Waals surface area (Å²) in [6, 6.07) is 3.88. The highest BCUT2D eigenvalue weighted by molar-refractivity contribution is 7.48. The van der Waals surface area contributed by atoms with Crippen LogP contribution in [0.4, 0.5) is 0 Å². The molecule has 3 N–H and O–H groups in total. The van der Waals surface area contributed by atoms with Crippen LogP contribution in [0.5, 0.6) is 11.5 Å². The van der Waals surface area contributed by atoms with Crippen LogP contribution in [0.3, 0.4) is 0 Å². The predicted molar refractivity (Wildman–Crippen MR) is 115 cm³/mol. The van der Waals surface area contributed by atoms with Gasteiger partial charge < -0.3 is 15.5 Å². The lowest BCUT2D eigenvalue weighted by molar-refractivity contribution is 0.0385. The topological polar surface area (TPSA) is 159 Å². The SMILES string of the molecule is CCOP(=O)(OCC)OCC(CNC(=O)c1cccc(O)c1O)OP(=O)(OCC)OCC. The molecule has 0 fully saturated rings. The summed E-state index contributed by atoms with van der Waals surface area (Å²) in [5.41, 5.74) is -0.197. The molecule has 0 bridgehead atoms. The summed E-state index contributed by atoms with van der Waals surface area (Å²) in [6.45, 7) is 5.74. The molecule has 1 aromatic carbocycles. The molecule has 14 heteroatoms. The van der Waals surface area contributed by atoms with Crippen molar-refractivity contribution in [2.75, 3.05) is 39.6 Å². The van der Waals surface area contributed by atoms with Crippen LogP contribution in [0, 0.1) is 0 Å². The van der Waals surface area contributed by atoms with E-state index in [1.165, 1.54) is 18.2 Å². The van der Waals surface area contributed by atoms with Crippen molar-refractivity contribution in [2.24, 2.45) is 0 Å². The summed E-state index contributed by atoms with van der Waals surface area (Å²) in [5.74, 6) is -1.84. The fourth-order valence-electron chi connectivity index (χ4n) is 2.34. The van der Waals surface area contributed by atoms with Gasteiger partial charge in [0, 0.05) is 6.54 Å². The summed E-state index contributed by atoms with van der Waals surface area (Å²) in [5, 5.41) is 21.9. The van der Waals surface area contributed by atoms with Crippen LogP contribution in [0.15, 0.2) is 18.2 Å². The van der Waals surface area contributed by atoms with Gasteiger partial charge in [0.15, 0.2) is 11.5 Å². The molecule has 1 amide bonds. The highest BCUT2D eigenvalue weighted by Crippen LogP contribution is 2.52. The van der Waals surface area contributed by atoms with Crippen LogP contribution in [0.25, 0.3) is 0 Å². The van der Waals surface area contributed by atoms with Gasteiger partial charge >= 0.3 is 15.6 Å². The number of amides is 1. The number of carbonyl (C=O) groups excluding carboxylic acids is 1. The fraction of sp³-hybridized carbons (Fsp3) is 0.611. The van der Waals surface area contributed by atoms with Crippen molar-refractivity contribution in [3.63, 3.8) is 0 Å². The molecular formula is C18H31NO11P2. The number of rotatable bonds is 16. The van der Waals surface area contributed by atoms with Crippen molar-refractivity contribution < 1.29 is 51.3 Å². The summed E-state index contributed by atoms with van der Waals surface area (Å²) < 4.78 is 56.3. The summed E-state index contributed by atoms with van der Waals surface area (Å²) in [7, 11) is -7.96. The molecule has 0 saturated carbocycles. The number of para-hydroxylation sites is 1. The minimum Gasteiger partial charge on any atom is -0.504 e. The third-order valence-electron chi connectivity index (χ3n) is 3.60. The van der Waals surface area contributed by atoms with Crippen LogP contribution in [-0.2, 0) is 36.3 Å². The Labute approximate surface area is 187 Å². The van der Waals surface area contributed by atoms with E-state index in [2.05, 4.69) is 5.32 Å². The van der Waals surface area contributed by atoms with Gasteiger partial charge in [0.1, 0.15) is 6.10 Å². The lowest BCUT2D eigenvalue weighted by atomic mass is 10.1. The van der Waals surface area contributed by atoms with Crippen LogP contribution >= 0.6 is 15.6 Å². The zero-order valence-electron chi connectivity index (χ0n) is 18.5. The molecule has 0 radical (unpaired) electrons. The summed E-state index contributed by atoms with van der Waals surface area (Å²) in [4.78, 5) is 12.4. The van der Waals surface area contributed by atoms with Crippen molar-refractivity contribution in [2.45, 2.75) is 33.8 Å². The van der Waals surface area contributed by atoms with E-state index in [9.17, 15) is 24.1 Å². The standard InChI is InChI=1S/C18H31NO11P2/c1-5-25-31(23,26-6-2)29-13-14(30-32(24,27-7-3)28-8-4)12-19-18(22)15-10-9-11-16(20)17(15)21/h9-11,14,20-21H,5-8,12-13H2,1-4H3,(H,19,22). The molecule has 12 nitrogen and oxygen atoms in total. The highest BCUT2D eigenvalue weighted by Gasteiger charge is 2.34. The van der Waals surface area contributed by atoms with Crippen molar-refractivity contribution in [3.05, 3.63) is 23.8 Å². The Hall–Kier alpha value is -1.49. The number of hydrogen-bond acceptors (Lipinski definition) is 11. The zero-order valence-corrected chi connectivity index (χ0v) is 20.3. The summed E-state index contributed by atoms with van der Waals surface area (Å²) in [6.07, 6.45) is -1.17. The minimum absolute atomic E-state index is 0.0186. The van der Waals surface area contributed by atoms with Gasteiger partial charge in [-0.2, -0.15) is 0 Å². The molecule has 0 aliphatic heterocycles. The Balaban J connectivity index is 3.00. The van der Waals surface area contributed by atoms with Gasteiger partial charge in [-0.05, 0) is 39.8 Å². The third-order valence-corrected chi connectivity index (χ3v) is 6.91. The van der Waals surface area contributed by atoms with Crippen molar-refractivity contribution in [3.8, 4) is 11.5 Å². The number of nitrogens with one attached hydrogen (secondary N) is 1. The predicted octanol–water partition coefficient (Wildman–Crippen LogP) is 3.59. The normalized spacial score (nSPS) is 13.1. The molecule has 0 aliphatic rings. The Kier molecular flexibility index (Phi) is 12.4. The first-order chi connectivity index (χ1) is 15.1. The van der Waals surface area contributed by atoms with Gasteiger partial charge in [-0.3, -0.25) is 31.9 Å². The fourth-order valence-corrected chi connectivity index (χ4v) is 4.88. The average molecular weight is 499 g/mol. The molecule has 0 spiro atoms. The number of aromatic hydroxyl groups is 2. The quantitative estimate of drug-likeness (QED) is 0.225. The van der Waals surface area contributed by atoms with E-state index in [4.69, 9.17) is 27.1 Å². The van der Waals surface area contributed by atoms with Crippen LogP contribution in [0.2, 0.25) is 0 Å². The van der Waals surface area contributed by atoms with Crippen LogP contribution in [0.1, 0.15) is 38.1 Å². The van der Waals surface area contributed by atoms with Gasteiger partial charge in [-0.1, -0.05) is 6.07 Å². The van der Waals surface area contributed by atoms with Crippen LogP contribution < -0.4 is 5.32 Å². The smallest absolute Gasteiger partial charge is 0.475 e. The molecular weight excluding hydrogens is 468 g/mol. The molecule has 0 aromatic heterocycles. The van der Waals surface area contributed by atoms with E-state index in [0.717, 1.165) is 0 Å². The molecule has 32 heavy (non-hydrogen) atoms. The van der Waals surface area contributed by atoms with Crippen LogP contribution in [-0.4, -0.2) is 61.8 Å². The van der Waals surface area contributed by atoms with E-state index in [-0.39, 0.29) is 38.5 Å². The largest absolute Gasteiger partial charge is 0.504 e. The Morgan fingerprint density at radius 2 is 1.44 bits per heavy atom. The molecule has 1 rings (SSSR count). The lowest BCUT2D eigenvalue weighted by Gasteiger charge is -2.25. The van der Waals surface area contributed by atoms with E-state index >= 15 is 0 Å². The maximum atomic E-state index is 12.8. The number of benzene rings is 1. The number of phenolic OH excluding ortho intramolecular Hbond substituents is 2. The maximum Gasteiger partial charge on any atom is 0.475 e. The number of phosphoric acid groups is 2. The van der Waals surface area contributed by atoms with Crippen molar-refractivity contribution in [1.82, 2.24) is 5.32 Å². The molecule has 1 aromatic rings. The van der Waals surface area contributed by atoms with Gasteiger partial charge in [0.05, 0.1) is 38.6 Å². The molecule has 0 aliphatic carbocycles. The van der Waals surface area contributed by atoms with Gasteiger partial charge in [-0.15, -0.1) is 0 Å². The second-order valence-corrected chi connectivity index (χ2v) is 9.26. The lowest BCUT2D eigenvalue weighted by Crippen LogP contribution is -2.36. The maximum absolute atomic E-state index is 12.8. The Bertz CT molecular complexity index is 800. The molecule has 1 unspecified atom stereocenters. The molecule has 0 saturated heterocycles. The van der Waals surface area contributed by atoms with E-state index in [1.54, 1.807) is 27.7 Å². The number of carbonyl (C=O) groups is 1. The monoisotopic (exact) mass is 499 g/mol. The first-order valence-corrected chi connectivity index (χ1v) is 13.0. The van der Waals surface area contributed by atoms with Gasteiger partial charge in [0.2, 0.25) is 0 Å². The van der Waals surface area contributed by atoms with E-state index < -0.39 is 45.8 Å². The minimum atomic E-state index is -4.03. The van der Waals surface area contributed by atoms with E-state index in [0.29, 0.717) is 0 Å². The number of hydrogen-bond donors (Lipinski definition) is 3. The average Bonchev–Trinajstić information content (AvgIpc) is 2.72. The van der Waals surface area contributed by atoms with Crippen molar-refractivity contribution >= 4 is 21.6 Å². The second kappa shape index (κ2) is 13.9. The number of phenols is 2. The van der Waals surface area contributed by atoms with Gasteiger partial charge in [-0.25, -0.2) is 9.13 Å². The molecule has 184 valence electrons. The number of phosphoric ester groups is 2. The van der Waals surface area contributed by atoms with E-state index in [1.807, 2.05) is 0 Å². The second-order valence-electron chi connectivity index (χ2n) is 5.97. The van der Waals surface area contributed by atoms with Gasteiger partial charge in [0.25, 0.3) is 5.91 Å². The first-order valence-electron chi connectivity index (χ1n) is 10.0. The van der Waals surface area contributed by atoms with Crippen molar-refractivity contribution in [1.29, 1.82) is 0 Å². The Morgan fingerprint density at radius 1 is 0.906 bits per heavy atom. The summed E-state index contributed by atoms with van der Waals surface area (Å²) >= 11 is 0. The zero-order chi connectivity index (χ0) is 24.2. The molecule has 0 heterocycles. The first kappa shape index (κ1) is 28.5. The highest BCUT2D eigenvalue weighted by atomic mass is 31.2. The molecule has 1 atom stereocenters.